The summed E-state index contributed by atoms with van der Waals surface area (Å²) in [4.78, 5) is 25.2. The molecule has 0 saturated heterocycles. The molecule has 0 radical (unpaired) electrons. The standard InChI is InChI=1S/C22H21BrN4O3/c1-2-30-22(29)19-20(27(26-25-19)13-14-6-4-3-5-7-14)24-21(28)18-12-17(18)15-8-10-16(23)11-9-15/h3-11,17-18H,2,12-13H2,1H3,(H,24,28)/t17-,18+/m0/s1. The van der Waals surface area contributed by atoms with Gasteiger partial charge in [0.25, 0.3) is 0 Å². The molecule has 154 valence electrons. The smallest absolute Gasteiger partial charge is 0.362 e. The predicted molar refractivity (Wildman–Crippen MR) is 115 cm³/mol. The Morgan fingerprint density at radius 3 is 2.60 bits per heavy atom. The van der Waals surface area contributed by atoms with Crippen molar-refractivity contribution < 1.29 is 14.3 Å². The van der Waals surface area contributed by atoms with Gasteiger partial charge in [0.15, 0.2) is 5.82 Å². The van der Waals surface area contributed by atoms with Crippen LogP contribution in [0.4, 0.5) is 5.82 Å². The largest absolute Gasteiger partial charge is 0.461 e. The van der Waals surface area contributed by atoms with Gasteiger partial charge in [0.2, 0.25) is 11.6 Å². The second-order valence-corrected chi connectivity index (χ2v) is 8.06. The Labute approximate surface area is 182 Å². The summed E-state index contributed by atoms with van der Waals surface area (Å²) < 4.78 is 7.61. The third kappa shape index (κ3) is 4.43. The van der Waals surface area contributed by atoms with Gasteiger partial charge >= 0.3 is 5.97 Å². The molecule has 0 bridgehead atoms. The van der Waals surface area contributed by atoms with E-state index in [1.807, 2.05) is 54.6 Å². The van der Waals surface area contributed by atoms with Crippen molar-refractivity contribution in [1.29, 1.82) is 0 Å². The van der Waals surface area contributed by atoms with Crippen LogP contribution in [0.5, 0.6) is 0 Å². The second-order valence-electron chi connectivity index (χ2n) is 7.14. The summed E-state index contributed by atoms with van der Waals surface area (Å²) in [6.07, 6.45) is 0.766. The fourth-order valence-corrected chi connectivity index (χ4v) is 3.68. The molecule has 1 amide bonds. The number of benzene rings is 2. The van der Waals surface area contributed by atoms with Crippen LogP contribution in [0.25, 0.3) is 0 Å². The molecule has 0 spiro atoms. The molecule has 7 nitrogen and oxygen atoms in total. The Kier molecular flexibility index (Phi) is 5.94. The van der Waals surface area contributed by atoms with Crippen molar-refractivity contribution in [3.8, 4) is 0 Å². The maximum Gasteiger partial charge on any atom is 0.362 e. The number of ether oxygens (including phenoxy) is 1. The maximum atomic E-state index is 12.9. The minimum absolute atomic E-state index is 0.0157. The van der Waals surface area contributed by atoms with E-state index in [1.54, 1.807) is 6.92 Å². The van der Waals surface area contributed by atoms with Crippen molar-refractivity contribution >= 4 is 33.6 Å². The fourth-order valence-electron chi connectivity index (χ4n) is 3.41. The topological polar surface area (TPSA) is 86.1 Å². The zero-order chi connectivity index (χ0) is 21.1. The van der Waals surface area contributed by atoms with E-state index >= 15 is 0 Å². The molecule has 1 heterocycles. The summed E-state index contributed by atoms with van der Waals surface area (Å²) in [5, 5.41) is 10.9. The summed E-state index contributed by atoms with van der Waals surface area (Å²) in [5.41, 5.74) is 2.12. The maximum absolute atomic E-state index is 12.9. The Hall–Kier alpha value is -3.00. The van der Waals surface area contributed by atoms with Gasteiger partial charge < -0.3 is 10.1 Å². The molecule has 2 atom stereocenters. The normalized spacial score (nSPS) is 17.4. The monoisotopic (exact) mass is 468 g/mol. The van der Waals surface area contributed by atoms with E-state index < -0.39 is 5.97 Å². The first-order chi connectivity index (χ1) is 14.6. The summed E-state index contributed by atoms with van der Waals surface area (Å²) in [5.74, 6) is -0.468. The van der Waals surface area contributed by atoms with Crippen molar-refractivity contribution in [3.05, 3.63) is 75.9 Å². The summed E-state index contributed by atoms with van der Waals surface area (Å²) in [7, 11) is 0. The molecule has 1 N–H and O–H groups in total. The van der Waals surface area contributed by atoms with Gasteiger partial charge in [0.05, 0.1) is 13.2 Å². The van der Waals surface area contributed by atoms with Gasteiger partial charge in [0, 0.05) is 10.4 Å². The minimum Gasteiger partial charge on any atom is -0.461 e. The van der Waals surface area contributed by atoms with Crippen molar-refractivity contribution in [1.82, 2.24) is 15.0 Å². The lowest BCUT2D eigenvalue weighted by Crippen LogP contribution is -2.20. The predicted octanol–water partition coefficient (Wildman–Crippen LogP) is 4.01. The Balaban J connectivity index is 1.54. The number of carbonyl (C=O) groups is 2. The van der Waals surface area contributed by atoms with Crippen LogP contribution in [-0.4, -0.2) is 33.5 Å². The highest BCUT2D eigenvalue weighted by molar-refractivity contribution is 9.10. The van der Waals surface area contributed by atoms with Crippen molar-refractivity contribution in [2.75, 3.05) is 11.9 Å². The number of amides is 1. The van der Waals surface area contributed by atoms with Gasteiger partial charge in [-0.3, -0.25) is 4.79 Å². The number of hydrogen-bond donors (Lipinski definition) is 1. The number of nitrogens with one attached hydrogen (secondary N) is 1. The van der Waals surface area contributed by atoms with Crippen LogP contribution in [-0.2, 0) is 16.1 Å². The fraction of sp³-hybridized carbons (Fsp3) is 0.273. The number of esters is 1. The number of anilines is 1. The van der Waals surface area contributed by atoms with Gasteiger partial charge in [0.1, 0.15) is 0 Å². The molecule has 8 heteroatoms. The van der Waals surface area contributed by atoms with Crippen LogP contribution in [0, 0.1) is 5.92 Å². The molecule has 1 aromatic heterocycles. The highest BCUT2D eigenvalue weighted by Crippen LogP contribution is 2.48. The molecule has 1 saturated carbocycles. The van der Waals surface area contributed by atoms with Crippen LogP contribution in [0.1, 0.15) is 40.9 Å². The lowest BCUT2D eigenvalue weighted by molar-refractivity contribution is -0.117. The molecule has 2 aromatic carbocycles. The van der Waals surface area contributed by atoms with Gasteiger partial charge in [-0.25, -0.2) is 9.48 Å². The van der Waals surface area contributed by atoms with Crippen LogP contribution in [0.3, 0.4) is 0 Å². The van der Waals surface area contributed by atoms with E-state index in [0.717, 1.165) is 22.0 Å². The Morgan fingerprint density at radius 1 is 1.17 bits per heavy atom. The quantitative estimate of drug-likeness (QED) is 0.529. The number of carbonyl (C=O) groups excluding carboxylic acids is 2. The van der Waals surface area contributed by atoms with E-state index in [9.17, 15) is 9.59 Å². The van der Waals surface area contributed by atoms with Gasteiger partial charge in [-0.1, -0.05) is 63.6 Å². The second kappa shape index (κ2) is 8.79. The lowest BCUT2D eigenvalue weighted by Gasteiger charge is -2.10. The molecule has 1 fully saturated rings. The van der Waals surface area contributed by atoms with Gasteiger partial charge in [-0.05, 0) is 42.5 Å². The minimum atomic E-state index is -0.604. The van der Waals surface area contributed by atoms with E-state index in [2.05, 4.69) is 31.6 Å². The molecule has 1 aliphatic carbocycles. The molecule has 0 aliphatic heterocycles. The summed E-state index contributed by atoms with van der Waals surface area (Å²) >= 11 is 3.43. The number of hydrogen-bond acceptors (Lipinski definition) is 5. The zero-order valence-corrected chi connectivity index (χ0v) is 18.0. The third-order valence-electron chi connectivity index (χ3n) is 5.05. The number of nitrogens with zero attached hydrogens (tertiary/aromatic N) is 3. The molecule has 4 rings (SSSR count). The van der Waals surface area contributed by atoms with Gasteiger partial charge in [-0.2, -0.15) is 0 Å². The lowest BCUT2D eigenvalue weighted by atomic mass is 10.1. The average molecular weight is 469 g/mol. The van der Waals surface area contributed by atoms with Crippen LogP contribution in [0.15, 0.2) is 59.1 Å². The van der Waals surface area contributed by atoms with Crippen LogP contribution < -0.4 is 5.32 Å². The summed E-state index contributed by atoms with van der Waals surface area (Å²) in [6.45, 7) is 2.31. The van der Waals surface area contributed by atoms with E-state index in [4.69, 9.17) is 4.74 Å². The van der Waals surface area contributed by atoms with Crippen molar-refractivity contribution in [2.45, 2.75) is 25.8 Å². The number of halogens is 1. The zero-order valence-electron chi connectivity index (χ0n) is 16.4. The molecular weight excluding hydrogens is 448 g/mol. The van der Waals surface area contributed by atoms with Crippen molar-refractivity contribution in [3.63, 3.8) is 0 Å². The van der Waals surface area contributed by atoms with E-state index in [0.29, 0.717) is 6.54 Å². The molecule has 1 aliphatic rings. The Bertz CT molecular complexity index is 1050. The SMILES string of the molecule is CCOC(=O)c1nnn(Cc2ccccc2)c1NC(=O)[C@@H]1C[C@H]1c1ccc(Br)cc1. The molecule has 0 unspecified atom stereocenters. The molecule has 3 aromatic rings. The highest BCUT2D eigenvalue weighted by Gasteiger charge is 2.44. The molecule has 30 heavy (non-hydrogen) atoms. The first kappa shape index (κ1) is 20.3. The summed E-state index contributed by atoms with van der Waals surface area (Å²) in [6, 6.07) is 17.6. The van der Waals surface area contributed by atoms with Crippen LogP contribution in [0.2, 0.25) is 0 Å². The first-order valence-corrected chi connectivity index (χ1v) is 10.6. The van der Waals surface area contributed by atoms with Crippen LogP contribution >= 0.6 is 15.9 Å². The number of rotatable bonds is 7. The third-order valence-corrected chi connectivity index (χ3v) is 5.57. The van der Waals surface area contributed by atoms with E-state index in [-0.39, 0.29) is 35.9 Å². The first-order valence-electron chi connectivity index (χ1n) is 9.77. The highest BCUT2D eigenvalue weighted by atomic mass is 79.9. The number of aromatic nitrogens is 3. The van der Waals surface area contributed by atoms with E-state index in [1.165, 1.54) is 4.68 Å². The van der Waals surface area contributed by atoms with Gasteiger partial charge in [-0.15, -0.1) is 5.10 Å². The average Bonchev–Trinajstić information content (AvgIpc) is 3.46. The Morgan fingerprint density at radius 2 is 1.90 bits per heavy atom. The molecular formula is C22H21BrN4O3. The van der Waals surface area contributed by atoms with Crippen molar-refractivity contribution in [2.24, 2.45) is 5.92 Å².